The number of rotatable bonds is 4. The molecule has 180 valence electrons. The van der Waals surface area contributed by atoms with Crippen molar-refractivity contribution in [3.8, 4) is 0 Å². The van der Waals surface area contributed by atoms with Crippen LogP contribution in [0, 0.1) is 34.0 Å². The highest BCUT2D eigenvalue weighted by Crippen LogP contribution is 2.70. The SMILES string of the molecule is CC(=O)[C@@]1(C)CCC2C3CC=C4C[C@@](O)(OCc5ccc(Cl)cc5)CC[C@]4(C)C3CC[C@@]21C. The lowest BCUT2D eigenvalue weighted by Gasteiger charge is -2.60. The smallest absolute Gasteiger partial charge is 0.169 e. The van der Waals surface area contributed by atoms with Crippen molar-refractivity contribution in [1.82, 2.24) is 0 Å². The molecule has 0 saturated heterocycles. The molecule has 4 aliphatic rings. The van der Waals surface area contributed by atoms with Crippen LogP contribution in [0.15, 0.2) is 35.9 Å². The number of hydrogen-bond acceptors (Lipinski definition) is 3. The van der Waals surface area contributed by atoms with Gasteiger partial charge in [0, 0.05) is 23.3 Å². The average molecular weight is 471 g/mol. The summed E-state index contributed by atoms with van der Waals surface area (Å²) >= 11 is 5.99. The van der Waals surface area contributed by atoms with Crippen LogP contribution in [0.1, 0.15) is 84.6 Å². The molecule has 0 heterocycles. The first-order valence-electron chi connectivity index (χ1n) is 12.8. The molecule has 3 unspecified atom stereocenters. The van der Waals surface area contributed by atoms with E-state index < -0.39 is 5.79 Å². The number of hydrogen-bond donors (Lipinski definition) is 1. The third kappa shape index (κ3) is 3.56. The van der Waals surface area contributed by atoms with Gasteiger partial charge in [0.15, 0.2) is 5.79 Å². The van der Waals surface area contributed by atoms with Gasteiger partial charge in [-0.05, 0) is 91.7 Å². The molecule has 0 spiro atoms. The molecule has 4 heteroatoms. The number of ether oxygens (including phenoxy) is 1. The maximum Gasteiger partial charge on any atom is 0.169 e. The number of aliphatic hydroxyl groups is 1. The second-order valence-corrected chi connectivity index (χ2v) is 12.6. The lowest BCUT2D eigenvalue weighted by Crippen LogP contribution is -2.54. The minimum Gasteiger partial charge on any atom is -0.365 e. The number of ketones is 1. The van der Waals surface area contributed by atoms with Gasteiger partial charge in [-0.3, -0.25) is 4.79 Å². The van der Waals surface area contributed by atoms with E-state index in [1.165, 1.54) is 18.4 Å². The number of halogens is 1. The third-order valence-electron chi connectivity index (χ3n) is 10.9. The summed E-state index contributed by atoms with van der Waals surface area (Å²) in [5.74, 6) is 1.21. The van der Waals surface area contributed by atoms with Gasteiger partial charge in [0.1, 0.15) is 5.78 Å². The topological polar surface area (TPSA) is 46.5 Å². The molecular formula is C29H39ClO3. The Bertz CT molecular complexity index is 970. The average Bonchev–Trinajstić information content (AvgIpc) is 3.06. The molecule has 0 amide bonds. The Kier molecular flexibility index (Phi) is 5.67. The Balaban J connectivity index is 1.34. The maximum atomic E-state index is 12.7. The van der Waals surface area contributed by atoms with Crippen LogP contribution in [-0.2, 0) is 16.1 Å². The lowest BCUT2D eigenvalue weighted by atomic mass is 9.45. The van der Waals surface area contributed by atoms with E-state index in [9.17, 15) is 9.90 Å². The zero-order chi connectivity index (χ0) is 23.6. The van der Waals surface area contributed by atoms with Crippen molar-refractivity contribution in [2.24, 2.45) is 34.0 Å². The minimum atomic E-state index is -1.10. The van der Waals surface area contributed by atoms with Gasteiger partial charge in [-0.1, -0.05) is 56.2 Å². The van der Waals surface area contributed by atoms with Crippen LogP contribution >= 0.6 is 11.6 Å². The molecule has 3 nitrogen and oxygen atoms in total. The Hall–Kier alpha value is -1.16. The van der Waals surface area contributed by atoms with E-state index in [0.29, 0.717) is 48.0 Å². The standard InChI is InChI=1S/C29H39ClO3/c1-19(31)27(3)13-12-25-23-10-7-21-17-29(32,33-18-20-5-8-22(30)9-6-20)16-15-26(21,2)24(23)11-14-28(25,27)4/h5-9,23-25,32H,10-18H2,1-4H3/t23?,24?,25?,26-,27+,28-,29-/m0/s1. The quantitative estimate of drug-likeness (QED) is 0.377. The van der Waals surface area contributed by atoms with E-state index in [4.69, 9.17) is 16.3 Å². The number of carbonyl (C=O) groups excluding carboxylic acids is 1. The Morgan fingerprint density at radius 3 is 2.45 bits per heavy atom. The number of fused-ring (bicyclic) bond motifs is 5. The van der Waals surface area contributed by atoms with Crippen molar-refractivity contribution in [1.29, 1.82) is 0 Å². The second-order valence-electron chi connectivity index (χ2n) is 12.2. The maximum absolute atomic E-state index is 12.7. The number of Topliss-reactive ketones (excluding diaryl/α,β-unsaturated/α-hetero) is 1. The zero-order valence-corrected chi connectivity index (χ0v) is 21.4. The highest BCUT2D eigenvalue weighted by Gasteiger charge is 2.64. The molecule has 0 aliphatic heterocycles. The molecule has 1 aromatic carbocycles. The van der Waals surface area contributed by atoms with Crippen molar-refractivity contribution >= 4 is 17.4 Å². The van der Waals surface area contributed by atoms with Crippen molar-refractivity contribution in [3.05, 3.63) is 46.5 Å². The lowest BCUT2D eigenvalue weighted by molar-refractivity contribution is -0.231. The summed E-state index contributed by atoms with van der Waals surface area (Å²) < 4.78 is 6.10. The summed E-state index contributed by atoms with van der Waals surface area (Å²) in [6.07, 6.45) is 10.3. The summed E-state index contributed by atoms with van der Waals surface area (Å²) in [6, 6.07) is 7.64. The van der Waals surface area contributed by atoms with E-state index in [-0.39, 0.29) is 16.2 Å². The van der Waals surface area contributed by atoms with Gasteiger partial charge in [0.25, 0.3) is 0 Å². The minimum absolute atomic E-state index is 0.124. The molecule has 7 atom stereocenters. The molecule has 1 N–H and O–H groups in total. The van der Waals surface area contributed by atoms with Crippen molar-refractivity contribution in [3.63, 3.8) is 0 Å². The van der Waals surface area contributed by atoms with E-state index >= 15 is 0 Å². The molecular weight excluding hydrogens is 432 g/mol. The normalized spacial score (nSPS) is 44.4. The molecule has 0 bridgehead atoms. The summed E-state index contributed by atoms with van der Waals surface area (Å²) in [5.41, 5.74) is 2.51. The fourth-order valence-corrected chi connectivity index (χ4v) is 8.51. The van der Waals surface area contributed by atoms with Crippen LogP contribution in [0.2, 0.25) is 5.02 Å². The third-order valence-corrected chi connectivity index (χ3v) is 11.2. The van der Waals surface area contributed by atoms with Crippen LogP contribution in [-0.4, -0.2) is 16.7 Å². The van der Waals surface area contributed by atoms with Gasteiger partial charge >= 0.3 is 0 Å². The van der Waals surface area contributed by atoms with Crippen LogP contribution in [0.25, 0.3) is 0 Å². The molecule has 0 aromatic heterocycles. The van der Waals surface area contributed by atoms with Gasteiger partial charge in [0.2, 0.25) is 0 Å². The molecule has 0 radical (unpaired) electrons. The summed E-state index contributed by atoms with van der Waals surface area (Å²) in [6.45, 7) is 9.30. The number of benzene rings is 1. The van der Waals surface area contributed by atoms with Gasteiger partial charge in [-0.15, -0.1) is 0 Å². The highest BCUT2D eigenvalue weighted by molar-refractivity contribution is 6.30. The first-order valence-corrected chi connectivity index (χ1v) is 13.2. The van der Waals surface area contributed by atoms with E-state index in [2.05, 4.69) is 26.8 Å². The number of allylic oxidation sites excluding steroid dienone is 1. The molecule has 1 aromatic rings. The molecule has 3 saturated carbocycles. The van der Waals surface area contributed by atoms with Crippen molar-refractivity contribution in [2.45, 2.75) is 91.5 Å². The zero-order valence-electron chi connectivity index (χ0n) is 20.6. The Morgan fingerprint density at radius 2 is 1.76 bits per heavy atom. The summed E-state index contributed by atoms with van der Waals surface area (Å²) in [7, 11) is 0. The van der Waals surface area contributed by atoms with Crippen molar-refractivity contribution in [2.75, 3.05) is 0 Å². The van der Waals surface area contributed by atoms with Crippen LogP contribution in [0.5, 0.6) is 0 Å². The Morgan fingerprint density at radius 1 is 1.06 bits per heavy atom. The highest BCUT2D eigenvalue weighted by atomic mass is 35.5. The van der Waals surface area contributed by atoms with Gasteiger partial charge < -0.3 is 9.84 Å². The van der Waals surface area contributed by atoms with Crippen molar-refractivity contribution < 1.29 is 14.6 Å². The first kappa shape index (κ1) is 23.6. The second kappa shape index (κ2) is 7.93. The van der Waals surface area contributed by atoms with Gasteiger partial charge in [0.05, 0.1) is 6.61 Å². The number of carbonyl (C=O) groups is 1. The summed E-state index contributed by atoms with van der Waals surface area (Å²) in [5, 5.41) is 12.0. The van der Waals surface area contributed by atoms with Gasteiger partial charge in [-0.2, -0.15) is 0 Å². The van der Waals surface area contributed by atoms with Crippen LogP contribution < -0.4 is 0 Å². The van der Waals surface area contributed by atoms with E-state index in [1.54, 1.807) is 0 Å². The predicted octanol–water partition coefficient (Wildman–Crippen LogP) is 7.10. The fraction of sp³-hybridized carbons (Fsp3) is 0.690. The van der Waals surface area contributed by atoms with Crippen LogP contribution in [0.3, 0.4) is 0 Å². The van der Waals surface area contributed by atoms with E-state index in [1.807, 2.05) is 31.2 Å². The largest absolute Gasteiger partial charge is 0.365 e. The van der Waals surface area contributed by atoms with E-state index in [0.717, 1.165) is 31.2 Å². The monoisotopic (exact) mass is 470 g/mol. The molecule has 4 aliphatic carbocycles. The van der Waals surface area contributed by atoms with Crippen LogP contribution in [0.4, 0.5) is 0 Å². The summed E-state index contributed by atoms with van der Waals surface area (Å²) in [4.78, 5) is 12.7. The Labute approximate surface area is 203 Å². The fourth-order valence-electron chi connectivity index (χ4n) is 8.39. The molecule has 3 fully saturated rings. The predicted molar refractivity (Wildman–Crippen MR) is 132 cm³/mol. The van der Waals surface area contributed by atoms with Gasteiger partial charge in [-0.25, -0.2) is 0 Å². The molecule has 5 rings (SSSR count). The molecule has 33 heavy (non-hydrogen) atoms. The first-order chi connectivity index (χ1) is 15.5.